The first-order valence-electron chi connectivity index (χ1n) is 8.66. The van der Waals surface area contributed by atoms with Crippen molar-refractivity contribution in [3.63, 3.8) is 0 Å². The van der Waals surface area contributed by atoms with E-state index in [4.69, 9.17) is 0 Å². The van der Waals surface area contributed by atoms with Crippen molar-refractivity contribution < 1.29 is 4.79 Å². The van der Waals surface area contributed by atoms with Crippen LogP contribution in [-0.2, 0) is 4.79 Å². The van der Waals surface area contributed by atoms with Gasteiger partial charge in [-0.2, -0.15) is 0 Å². The van der Waals surface area contributed by atoms with Crippen LogP contribution in [0, 0.1) is 0 Å². The Labute approximate surface area is 138 Å². The first-order valence-corrected chi connectivity index (χ1v) is 8.66. The van der Waals surface area contributed by atoms with Crippen molar-refractivity contribution in [1.82, 2.24) is 10.2 Å². The summed E-state index contributed by atoms with van der Waals surface area (Å²) in [6.45, 7) is 5.84. The molecule has 3 rings (SSSR count). The fourth-order valence-electron chi connectivity index (χ4n) is 3.57. The van der Waals surface area contributed by atoms with Crippen molar-refractivity contribution in [3.05, 3.63) is 48.0 Å². The second-order valence-corrected chi connectivity index (χ2v) is 6.67. The predicted octanol–water partition coefficient (Wildman–Crippen LogP) is 3.89. The van der Waals surface area contributed by atoms with E-state index >= 15 is 0 Å². The highest BCUT2D eigenvalue weighted by atomic mass is 16.2. The maximum Gasteiger partial charge on any atom is 0.234 e. The van der Waals surface area contributed by atoms with E-state index in [2.05, 4.69) is 60.5 Å². The van der Waals surface area contributed by atoms with Gasteiger partial charge < -0.3 is 5.32 Å². The van der Waals surface area contributed by atoms with Crippen LogP contribution in [0.5, 0.6) is 0 Å². The molecule has 122 valence electrons. The minimum Gasteiger partial charge on any atom is -0.348 e. The predicted molar refractivity (Wildman–Crippen MR) is 95.4 cm³/mol. The van der Waals surface area contributed by atoms with E-state index in [0.29, 0.717) is 12.6 Å². The molecular weight excluding hydrogens is 284 g/mol. The molecule has 1 aliphatic heterocycles. The molecule has 2 aromatic carbocycles. The molecule has 1 heterocycles. The lowest BCUT2D eigenvalue weighted by atomic mass is 9.99. The van der Waals surface area contributed by atoms with Gasteiger partial charge in [0, 0.05) is 6.04 Å². The van der Waals surface area contributed by atoms with Crippen LogP contribution in [0.1, 0.15) is 44.7 Å². The molecule has 0 spiro atoms. The lowest BCUT2D eigenvalue weighted by molar-refractivity contribution is -0.123. The Balaban J connectivity index is 1.68. The average molecular weight is 310 g/mol. The molecule has 1 aliphatic rings. The second-order valence-electron chi connectivity index (χ2n) is 6.67. The van der Waals surface area contributed by atoms with Crippen molar-refractivity contribution >= 4 is 16.7 Å². The molecule has 1 saturated heterocycles. The number of piperidine rings is 1. The fraction of sp³-hybridized carbons (Fsp3) is 0.450. The van der Waals surface area contributed by atoms with Crippen LogP contribution in [0.25, 0.3) is 10.8 Å². The molecule has 3 heteroatoms. The number of hydrogen-bond donors (Lipinski definition) is 1. The Morgan fingerprint density at radius 2 is 2.00 bits per heavy atom. The highest BCUT2D eigenvalue weighted by molar-refractivity contribution is 5.87. The topological polar surface area (TPSA) is 32.3 Å². The van der Waals surface area contributed by atoms with Crippen molar-refractivity contribution in [2.45, 2.75) is 45.2 Å². The van der Waals surface area contributed by atoms with Crippen LogP contribution in [0.4, 0.5) is 0 Å². The minimum absolute atomic E-state index is 0.0219. The van der Waals surface area contributed by atoms with Crippen LogP contribution < -0.4 is 5.32 Å². The molecule has 0 unspecified atom stereocenters. The third kappa shape index (κ3) is 3.73. The summed E-state index contributed by atoms with van der Waals surface area (Å²) in [4.78, 5) is 14.7. The Kier molecular flexibility index (Phi) is 4.97. The van der Waals surface area contributed by atoms with E-state index in [-0.39, 0.29) is 11.9 Å². The molecule has 1 amide bonds. The number of amides is 1. The van der Waals surface area contributed by atoms with Crippen LogP contribution in [0.2, 0.25) is 0 Å². The van der Waals surface area contributed by atoms with Crippen LogP contribution in [-0.4, -0.2) is 29.9 Å². The number of fused-ring (bicyclic) bond motifs is 1. The summed E-state index contributed by atoms with van der Waals surface area (Å²) >= 11 is 0. The third-order valence-electron chi connectivity index (χ3n) is 4.95. The number of carbonyl (C=O) groups excluding carboxylic acids is 1. The van der Waals surface area contributed by atoms with Gasteiger partial charge in [-0.3, -0.25) is 9.69 Å². The molecule has 23 heavy (non-hydrogen) atoms. The highest BCUT2D eigenvalue weighted by Gasteiger charge is 2.21. The van der Waals surface area contributed by atoms with E-state index in [1.54, 1.807) is 0 Å². The summed E-state index contributed by atoms with van der Waals surface area (Å²) in [6, 6.07) is 15.2. The number of likely N-dealkylation sites (tertiary alicyclic amines) is 1. The number of carbonyl (C=O) groups is 1. The van der Waals surface area contributed by atoms with Gasteiger partial charge in [0.05, 0.1) is 12.6 Å². The molecule has 1 N–H and O–H groups in total. The van der Waals surface area contributed by atoms with Gasteiger partial charge in [-0.15, -0.1) is 0 Å². The van der Waals surface area contributed by atoms with Crippen molar-refractivity contribution in [3.8, 4) is 0 Å². The number of rotatable bonds is 4. The zero-order valence-electron chi connectivity index (χ0n) is 14.1. The quantitative estimate of drug-likeness (QED) is 0.929. The summed E-state index contributed by atoms with van der Waals surface area (Å²) in [7, 11) is 0. The summed E-state index contributed by atoms with van der Waals surface area (Å²) in [6.07, 6.45) is 3.69. The summed E-state index contributed by atoms with van der Waals surface area (Å²) in [5.41, 5.74) is 1.18. The van der Waals surface area contributed by atoms with Gasteiger partial charge in [0.2, 0.25) is 5.91 Å². The standard InChI is InChI=1S/C20H26N2O/c1-15-8-5-6-13-22(15)14-20(23)21-16(2)18-12-7-10-17-9-3-4-11-19(17)18/h3-4,7,9-12,15-16H,5-6,8,13-14H2,1-2H3,(H,21,23)/t15-,16+/m0/s1. The fourth-order valence-corrected chi connectivity index (χ4v) is 3.57. The molecule has 2 atom stereocenters. The van der Waals surface area contributed by atoms with Gasteiger partial charge in [-0.05, 0) is 49.6 Å². The van der Waals surface area contributed by atoms with E-state index in [1.807, 2.05) is 6.07 Å². The number of benzene rings is 2. The van der Waals surface area contributed by atoms with E-state index in [9.17, 15) is 4.79 Å². The lowest BCUT2D eigenvalue weighted by Gasteiger charge is -2.33. The summed E-state index contributed by atoms with van der Waals surface area (Å²) in [5.74, 6) is 0.124. The monoisotopic (exact) mass is 310 g/mol. The zero-order chi connectivity index (χ0) is 16.2. The van der Waals surface area contributed by atoms with E-state index in [1.165, 1.54) is 35.6 Å². The van der Waals surface area contributed by atoms with Gasteiger partial charge in [0.25, 0.3) is 0 Å². The average Bonchev–Trinajstić information content (AvgIpc) is 2.56. The van der Waals surface area contributed by atoms with Gasteiger partial charge in [0.15, 0.2) is 0 Å². The number of nitrogens with zero attached hydrogens (tertiary/aromatic N) is 1. The normalized spacial score (nSPS) is 20.3. The molecule has 2 aromatic rings. The van der Waals surface area contributed by atoms with Gasteiger partial charge in [0.1, 0.15) is 0 Å². The number of hydrogen-bond acceptors (Lipinski definition) is 2. The Bertz CT molecular complexity index is 677. The molecule has 0 aromatic heterocycles. The van der Waals surface area contributed by atoms with Crippen LogP contribution in [0.3, 0.4) is 0 Å². The molecule has 3 nitrogen and oxygen atoms in total. The second kappa shape index (κ2) is 7.14. The summed E-state index contributed by atoms with van der Waals surface area (Å²) < 4.78 is 0. The smallest absolute Gasteiger partial charge is 0.234 e. The largest absolute Gasteiger partial charge is 0.348 e. The molecule has 0 bridgehead atoms. The maximum absolute atomic E-state index is 12.4. The van der Waals surface area contributed by atoms with Crippen LogP contribution >= 0.6 is 0 Å². The first kappa shape index (κ1) is 16.0. The molecular formula is C20H26N2O. The SMILES string of the molecule is C[C@@H](NC(=O)CN1CCCC[C@@H]1C)c1cccc2ccccc12. The Morgan fingerprint density at radius 3 is 2.83 bits per heavy atom. The van der Waals surface area contributed by atoms with E-state index < -0.39 is 0 Å². The zero-order valence-corrected chi connectivity index (χ0v) is 14.1. The molecule has 0 radical (unpaired) electrons. The lowest BCUT2D eigenvalue weighted by Crippen LogP contribution is -2.44. The molecule has 0 aliphatic carbocycles. The Morgan fingerprint density at radius 1 is 1.22 bits per heavy atom. The summed E-state index contributed by atoms with van der Waals surface area (Å²) in [5, 5.41) is 5.61. The maximum atomic E-state index is 12.4. The molecule has 0 saturated carbocycles. The minimum atomic E-state index is 0.0219. The van der Waals surface area contributed by atoms with Crippen molar-refractivity contribution in [2.24, 2.45) is 0 Å². The van der Waals surface area contributed by atoms with Gasteiger partial charge in [-0.25, -0.2) is 0 Å². The van der Waals surface area contributed by atoms with Gasteiger partial charge in [-0.1, -0.05) is 48.9 Å². The van der Waals surface area contributed by atoms with Crippen LogP contribution in [0.15, 0.2) is 42.5 Å². The van der Waals surface area contributed by atoms with Gasteiger partial charge >= 0.3 is 0 Å². The highest BCUT2D eigenvalue weighted by Crippen LogP contribution is 2.24. The number of nitrogens with one attached hydrogen (secondary N) is 1. The van der Waals surface area contributed by atoms with Crippen molar-refractivity contribution in [1.29, 1.82) is 0 Å². The van der Waals surface area contributed by atoms with Crippen molar-refractivity contribution in [2.75, 3.05) is 13.1 Å². The Hall–Kier alpha value is -1.87. The first-order chi connectivity index (χ1) is 11.1. The third-order valence-corrected chi connectivity index (χ3v) is 4.95. The van der Waals surface area contributed by atoms with E-state index in [0.717, 1.165) is 6.54 Å². The molecule has 1 fully saturated rings.